The van der Waals surface area contributed by atoms with Crippen molar-refractivity contribution in [2.45, 2.75) is 6.04 Å². The van der Waals surface area contributed by atoms with Crippen LogP contribution in [0.5, 0.6) is 0 Å². The van der Waals surface area contributed by atoms with Gasteiger partial charge in [-0.15, -0.1) is 0 Å². The molecule has 0 amide bonds. The van der Waals surface area contributed by atoms with Gasteiger partial charge in [-0.3, -0.25) is 0 Å². The Balaban J connectivity index is 0.962. The van der Waals surface area contributed by atoms with Crippen molar-refractivity contribution in [3.63, 3.8) is 0 Å². The van der Waals surface area contributed by atoms with E-state index in [0.717, 1.165) is 100.0 Å². The molecular weight excluding hydrogens is 743 g/mol. The first-order chi connectivity index (χ1) is 30.2. The number of rotatable bonds is 6. The van der Waals surface area contributed by atoms with Crippen LogP contribution < -0.4 is 5.32 Å². The third-order valence-corrected chi connectivity index (χ3v) is 12.1. The summed E-state index contributed by atoms with van der Waals surface area (Å²) in [7, 11) is 0. The highest BCUT2D eigenvalue weighted by Crippen LogP contribution is 2.46. The van der Waals surface area contributed by atoms with E-state index in [9.17, 15) is 0 Å². The number of amidine groups is 1. The van der Waals surface area contributed by atoms with Crippen LogP contribution in [0.15, 0.2) is 227 Å². The standard InChI is InChI=1S/C57H37N3O/c1-3-15-36(16-4-1)40-19-13-21-42(33-40)55-45-24-8-11-27-49(45)59-57(60-55)39-31-29-37(30-32-39)41-20-14-22-43(34-41)56-47-35-51-54(46-25-9-12-28-50(46)61-51)52(38-17-5-2-6-18-38)53(47)44-23-7-10-26-48(44)58-56/h1-35,49H,(H,59,60). The zero-order chi connectivity index (χ0) is 40.3. The van der Waals surface area contributed by atoms with Crippen LogP contribution in [-0.4, -0.2) is 16.9 Å². The van der Waals surface area contributed by atoms with Crippen LogP contribution in [0.2, 0.25) is 0 Å². The molecule has 2 aromatic heterocycles. The molecule has 4 heteroatoms. The minimum absolute atomic E-state index is 0.0247. The lowest BCUT2D eigenvalue weighted by molar-refractivity contribution is 0.669. The van der Waals surface area contributed by atoms with Gasteiger partial charge in [-0.2, -0.15) is 0 Å². The zero-order valence-electron chi connectivity index (χ0n) is 33.1. The molecule has 8 aromatic carbocycles. The van der Waals surface area contributed by atoms with Crippen molar-refractivity contribution in [2.24, 2.45) is 4.99 Å². The fourth-order valence-electron chi connectivity index (χ4n) is 9.20. The summed E-state index contributed by atoms with van der Waals surface area (Å²) in [6.45, 7) is 0. The van der Waals surface area contributed by atoms with Gasteiger partial charge in [0.1, 0.15) is 17.0 Å². The smallest absolute Gasteiger partial charge is 0.136 e. The Bertz CT molecular complexity index is 3480. The number of hydrogen-bond donors (Lipinski definition) is 1. The van der Waals surface area contributed by atoms with E-state index in [1.807, 2.05) is 6.07 Å². The molecule has 0 fully saturated rings. The number of aliphatic imine (C=N–C) groups is 1. The normalized spacial score (nSPS) is 14.8. The molecule has 286 valence electrons. The van der Waals surface area contributed by atoms with Crippen molar-refractivity contribution in [1.29, 1.82) is 0 Å². The Hall–Kier alpha value is -8.08. The minimum Gasteiger partial charge on any atom is -0.456 e. The number of nitrogens with one attached hydrogen (secondary N) is 1. The van der Waals surface area contributed by atoms with Crippen molar-refractivity contribution >= 4 is 55.1 Å². The Labute approximate surface area is 353 Å². The number of allylic oxidation sites excluding steroid dienone is 2. The van der Waals surface area contributed by atoms with E-state index < -0.39 is 0 Å². The lowest BCUT2D eigenvalue weighted by atomic mass is 9.89. The second kappa shape index (κ2) is 14.3. The summed E-state index contributed by atoms with van der Waals surface area (Å²) in [4.78, 5) is 10.7. The summed E-state index contributed by atoms with van der Waals surface area (Å²) >= 11 is 0. The molecule has 1 aliphatic heterocycles. The number of furan rings is 1. The molecule has 0 saturated heterocycles. The second-order valence-electron chi connectivity index (χ2n) is 15.7. The molecule has 0 bridgehead atoms. The first-order valence-electron chi connectivity index (χ1n) is 20.8. The van der Waals surface area contributed by atoms with Crippen LogP contribution in [-0.2, 0) is 0 Å². The van der Waals surface area contributed by atoms with Gasteiger partial charge in [-0.1, -0.05) is 182 Å². The van der Waals surface area contributed by atoms with Crippen molar-refractivity contribution in [3.05, 3.63) is 229 Å². The van der Waals surface area contributed by atoms with Gasteiger partial charge in [0.15, 0.2) is 0 Å². The number of para-hydroxylation sites is 2. The fourth-order valence-corrected chi connectivity index (χ4v) is 9.20. The van der Waals surface area contributed by atoms with Crippen LogP contribution >= 0.6 is 0 Å². The average molecular weight is 780 g/mol. The molecule has 1 aliphatic carbocycles. The summed E-state index contributed by atoms with van der Waals surface area (Å²) in [6, 6.07) is 66.5. The molecule has 1 unspecified atom stereocenters. The van der Waals surface area contributed by atoms with E-state index in [1.165, 1.54) is 16.5 Å². The van der Waals surface area contributed by atoms with E-state index in [4.69, 9.17) is 14.4 Å². The predicted molar refractivity (Wildman–Crippen MR) is 253 cm³/mol. The lowest BCUT2D eigenvalue weighted by Crippen LogP contribution is -2.39. The number of pyridine rings is 1. The first-order valence-corrected chi connectivity index (χ1v) is 20.8. The molecule has 4 nitrogen and oxygen atoms in total. The summed E-state index contributed by atoms with van der Waals surface area (Å²) in [5.74, 6) is 0.854. The van der Waals surface area contributed by atoms with E-state index >= 15 is 0 Å². The number of fused-ring (bicyclic) bond motifs is 7. The fraction of sp³-hybridized carbons (Fsp3) is 0.0175. The topological polar surface area (TPSA) is 50.4 Å². The van der Waals surface area contributed by atoms with E-state index in [-0.39, 0.29) is 6.04 Å². The lowest BCUT2D eigenvalue weighted by Gasteiger charge is -2.28. The van der Waals surface area contributed by atoms with Crippen LogP contribution in [0.1, 0.15) is 11.1 Å². The third kappa shape index (κ3) is 5.99. The summed E-state index contributed by atoms with van der Waals surface area (Å²) < 4.78 is 6.61. The first kappa shape index (κ1) is 34.9. The third-order valence-electron chi connectivity index (χ3n) is 12.1. The van der Waals surface area contributed by atoms with Gasteiger partial charge in [0.25, 0.3) is 0 Å². The number of aromatic nitrogens is 1. The summed E-state index contributed by atoms with van der Waals surface area (Å²) in [5, 5.41) is 9.30. The Morgan fingerprint density at radius 3 is 1.87 bits per heavy atom. The Morgan fingerprint density at radius 1 is 0.443 bits per heavy atom. The molecule has 1 atom stereocenters. The van der Waals surface area contributed by atoms with Gasteiger partial charge in [0.05, 0.1) is 22.9 Å². The highest BCUT2D eigenvalue weighted by atomic mass is 16.3. The largest absolute Gasteiger partial charge is 0.456 e. The van der Waals surface area contributed by atoms with Gasteiger partial charge in [0, 0.05) is 54.8 Å². The van der Waals surface area contributed by atoms with Gasteiger partial charge in [0.2, 0.25) is 0 Å². The van der Waals surface area contributed by atoms with Gasteiger partial charge < -0.3 is 9.73 Å². The summed E-state index contributed by atoms with van der Waals surface area (Å²) in [5.41, 5.74) is 15.8. The molecule has 0 spiro atoms. The number of benzene rings is 8. The highest BCUT2D eigenvalue weighted by Gasteiger charge is 2.25. The predicted octanol–water partition coefficient (Wildman–Crippen LogP) is 14.2. The molecule has 2 aliphatic rings. The van der Waals surface area contributed by atoms with Crippen molar-refractivity contribution in [1.82, 2.24) is 10.3 Å². The van der Waals surface area contributed by atoms with E-state index in [1.54, 1.807) is 0 Å². The molecule has 3 heterocycles. The van der Waals surface area contributed by atoms with Crippen molar-refractivity contribution in [2.75, 3.05) is 0 Å². The average Bonchev–Trinajstić information content (AvgIpc) is 3.71. The molecule has 0 radical (unpaired) electrons. The molecule has 10 aromatic rings. The quantitative estimate of drug-likeness (QED) is 0.171. The highest BCUT2D eigenvalue weighted by molar-refractivity contribution is 6.27. The van der Waals surface area contributed by atoms with Crippen LogP contribution in [0.4, 0.5) is 0 Å². The van der Waals surface area contributed by atoms with Gasteiger partial charge >= 0.3 is 0 Å². The monoisotopic (exact) mass is 779 g/mol. The van der Waals surface area contributed by atoms with E-state index in [0.29, 0.717) is 0 Å². The molecular formula is C57H37N3O. The Morgan fingerprint density at radius 2 is 1.07 bits per heavy atom. The molecule has 61 heavy (non-hydrogen) atoms. The number of hydrogen-bond acceptors (Lipinski definition) is 4. The molecule has 12 rings (SSSR count). The van der Waals surface area contributed by atoms with Crippen molar-refractivity contribution < 1.29 is 4.42 Å². The van der Waals surface area contributed by atoms with Crippen LogP contribution in [0.25, 0.3) is 93.9 Å². The maximum absolute atomic E-state index is 6.61. The molecule has 1 N–H and O–H groups in total. The van der Waals surface area contributed by atoms with Crippen LogP contribution in [0.3, 0.4) is 0 Å². The zero-order valence-corrected chi connectivity index (χ0v) is 33.1. The molecule has 0 saturated carbocycles. The van der Waals surface area contributed by atoms with Gasteiger partial charge in [-0.05, 0) is 58.1 Å². The van der Waals surface area contributed by atoms with E-state index in [2.05, 4.69) is 212 Å². The maximum atomic E-state index is 6.61. The minimum atomic E-state index is 0.0247. The summed E-state index contributed by atoms with van der Waals surface area (Å²) in [6.07, 6.45) is 8.58. The van der Waals surface area contributed by atoms with Gasteiger partial charge in [-0.25, -0.2) is 9.98 Å². The Kier molecular flexibility index (Phi) is 8.20. The van der Waals surface area contributed by atoms with Crippen LogP contribution in [0, 0.1) is 0 Å². The second-order valence-corrected chi connectivity index (χ2v) is 15.7. The van der Waals surface area contributed by atoms with Crippen molar-refractivity contribution in [3.8, 4) is 44.6 Å². The maximum Gasteiger partial charge on any atom is 0.136 e. The SMILES string of the molecule is C1=CC2=C(c3cccc(-c4ccccc4)c3)N=C(c3ccc(-c4cccc(-c5nc6ccccc6c6c(-c7ccccc7)c7c(cc56)oc5ccccc57)c4)cc3)NC2C=C1. The number of nitrogens with zero attached hydrogens (tertiary/aromatic N) is 2.